The van der Waals surface area contributed by atoms with Gasteiger partial charge in [-0.05, 0) is 40.2 Å². The highest BCUT2D eigenvalue weighted by atomic mass is 16.6. The van der Waals surface area contributed by atoms with Crippen molar-refractivity contribution in [2.75, 3.05) is 6.54 Å². The molecule has 0 aliphatic rings. The van der Waals surface area contributed by atoms with Crippen molar-refractivity contribution in [3.8, 4) is 0 Å². The number of nitrogens with one attached hydrogen (secondary N) is 1. The molecule has 0 spiro atoms. The zero-order chi connectivity index (χ0) is 12.8. The third-order valence-corrected chi connectivity index (χ3v) is 1.69. The SMILES string of the molecule is CC(C)(C)OC(=O)N[C@H](CCCN)C(=O)O. The number of nitrogens with two attached hydrogens (primary N) is 1. The number of alkyl carbamates (subject to hydrolysis) is 1. The van der Waals surface area contributed by atoms with Gasteiger partial charge in [-0.3, -0.25) is 0 Å². The summed E-state index contributed by atoms with van der Waals surface area (Å²) in [7, 11) is 0. The van der Waals surface area contributed by atoms with Gasteiger partial charge in [0, 0.05) is 0 Å². The number of hydrogen-bond acceptors (Lipinski definition) is 4. The van der Waals surface area contributed by atoms with Gasteiger partial charge in [-0.2, -0.15) is 0 Å². The van der Waals surface area contributed by atoms with Crippen LogP contribution in [0.25, 0.3) is 0 Å². The zero-order valence-corrected chi connectivity index (χ0v) is 9.95. The van der Waals surface area contributed by atoms with E-state index in [9.17, 15) is 9.59 Å². The van der Waals surface area contributed by atoms with Gasteiger partial charge >= 0.3 is 12.1 Å². The van der Waals surface area contributed by atoms with Crippen LogP contribution in [0.1, 0.15) is 33.6 Å². The molecule has 0 heterocycles. The topological polar surface area (TPSA) is 102 Å². The van der Waals surface area contributed by atoms with Crippen LogP contribution in [0.2, 0.25) is 0 Å². The number of carboxylic acid groups (broad SMARTS) is 1. The summed E-state index contributed by atoms with van der Waals surface area (Å²) in [6.45, 7) is 5.52. The van der Waals surface area contributed by atoms with Crippen molar-refractivity contribution >= 4 is 12.1 Å². The van der Waals surface area contributed by atoms with Crippen molar-refractivity contribution in [3.05, 3.63) is 0 Å². The second kappa shape index (κ2) is 6.32. The van der Waals surface area contributed by atoms with Crippen molar-refractivity contribution < 1.29 is 19.4 Å². The maximum atomic E-state index is 11.3. The summed E-state index contributed by atoms with van der Waals surface area (Å²) in [6, 6.07) is -0.946. The first-order valence-corrected chi connectivity index (χ1v) is 5.18. The Bertz CT molecular complexity index is 248. The number of carboxylic acids is 1. The van der Waals surface area contributed by atoms with E-state index in [1.807, 2.05) is 0 Å². The van der Waals surface area contributed by atoms with Crippen LogP contribution in [-0.4, -0.2) is 35.4 Å². The van der Waals surface area contributed by atoms with Gasteiger partial charge in [-0.15, -0.1) is 0 Å². The number of carbonyl (C=O) groups is 2. The Balaban J connectivity index is 4.19. The highest BCUT2D eigenvalue weighted by Crippen LogP contribution is 2.07. The molecule has 0 bridgehead atoms. The number of hydrogen-bond donors (Lipinski definition) is 3. The first kappa shape index (κ1) is 14.7. The minimum atomic E-state index is -1.08. The highest BCUT2D eigenvalue weighted by Gasteiger charge is 2.23. The summed E-state index contributed by atoms with van der Waals surface area (Å²) in [4.78, 5) is 22.1. The predicted molar refractivity (Wildman–Crippen MR) is 59.1 cm³/mol. The molecule has 1 atom stereocenters. The van der Waals surface area contributed by atoms with E-state index in [0.717, 1.165) is 0 Å². The van der Waals surface area contributed by atoms with E-state index in [0.29, 0.717) is 19.4 Å². The van der Waals surface area contributed by atoms with Crippen LogP contribution in [0.5, 0.6) is 0 Å². The molecule has 0 aromatic carbocycles. The lowest BCUT2D eigenvalue weighted by Gasteiger charge is -2.21. The lowest BCUT2D eigenvalue weighted by molar-refractivity contribution is -0.139. The Hall–Kier alpha value is -1.30. The summed E-state index contributed by atoms with van der Waals surface area (Å²) in [5.41, 5.74) is 4.63. The number of ether oxygens (including phenoxy) is 1. The molecule has 16 heavy (non-hydrogen) atoms. The molecule has 0 fully saturated rings. The molecule has 0 rings (SSSR count). The van der Waals surface area contributed by atoms with Crippen molar-refractivity contribution in [1.29, 1.82) is 0 Å². The summed E-state index contributed by atoms with van der Waals surface area (Å²) >= 11 is 0. The van der Waals surface area contributed by atoms with Gasteiger partial charge in [-0.25, -0.2) is 9.59 Å². The van der Waals surface area contributed by atoms with E-state index >= 15 is 0 Å². The summed E-state index contributed by atoms with van der Waals surface area (Å²) in [5.74, 6) is -1.08. The van der Waals surface area contributed by atoms with Crippen LogP contribution in [0.3, 0.4) is 0 Å². The van der Waals surface area contributed by atoms with Gasteiger partial charge < -0.3 is 20.9 Å². The average molecular weight is 232 g/mol. The minimum absolute atomic E-state index is 0.297. The molecular weight excluding hydrogens is 212 g/mol. The van der Waals surface area contributed by atoms with Gasteiger partial charge in [0.25, 0.3) is 0 Å². The Morgan fingerprint density at radius 1 is 1.44 bits per heavy atom. The van der Waals surface area contributed by atoms with Gasteiger partial charge in [0.05, 0.1) is 0 Å². The zero-order valence-electron chi connectivity index (χ0n) is 9.95. The lowest BCUT2D eigenvalue weighted by atomic mass is 10.1. The fourth-order valence-electron chi connectivity index (χ4n) is 1.03. The molecule has 0 aliphatic carbocycles. The molecule has 6 heteroatoms. The van der Waals surface area contributed by atoms with Gasteiger partial charge in [-0.1, -0.05) is 0 Å². The summed E-state index contributed by atoms with van der Waals surface area (Å²) in [6.07, 6.45) is 0.106. The molecule has 94 valence electrons. The summed E-state index contributed by atoms with van der Waals surface area (Å²) in [5, 5.41) is 11.1. The Labute approximate surface area is 95.1 Å². The van der Waals surface area contributed by atoms with Crippen molar-refractivity contribution in [3.63, 3.8) is 0 Å². The molecule has 0 aliphatic heterocycles. The van der Waals surface area contributed by atoms with E-state index in [-0.39, 0.29) is 0 Å². The van der Waals surface area contributed by atoms with E-state index in [2.05, 4.69) is 5.32 Å². The number of aliphatic carboxylic acids is 1. The maximum Gasteiger partial charge on any atom is 0.408 e. The molecule has 1 amide bonds. The Morgan fingerprint density at radius 2 is 2.00 bits per heavy atom. The fraction of sp³-hybridized carbons (Fsp3) is 0.800. The Kier molecular flexibility index (Phi) is 5.81. The molecule has 0 aromatic rings. The van der Waals surface area contributed by atoms with Crippen LogP contribution in [0.15, 0.2) is 0 Å². The maximum absolute atomic E-state index is 11.3. The van der Waals surface area contributed by atoms with Crippen LogP contribution in [0.4, 0.5) is 4.79 Å². The molecule has 0 saturated carbocycles. The number of carbonyl (C=O) groups excluding carboxylic acids is 1. The van der Waals surface area contributed by atoms with Gasteiger partial charge in [0.1, 0.15) is 11.6 Å². The van der Waals surface area contributed by atoms with Crippen molar-refractivity contribution in [2.45, 2.75) is 45.3 Å². The molecular formula is C10H20N2O4. The average Bonchev–Trinajstić information content (AvgIpc) is 2.08. The third-order valence-electron chi connectivity index (χ3n) is 1.69. The first-order valence-electron chi connectivity index (χ1n) is 5.18. The second-order valence-corrected chi connectivity index (χ2v) is 4.47. The van der Waals surface area contributed by atoms with Gasteiger partial charge in [0.2, 0.25) is 0 Å². The normalized spacial score (nSPS) is 13.0. The van der Waals surface area contributed by atoms with E-state index in [4.69, 9.17) is 15.6 Å². The highest BCUT2D eigenvalue weighted by molar-refractivity contribution is 5.79. The Morgan fingerprint density at radius 3 is 2.38 bits per heavy atom. The van der Waals surface area contributed by atoms with E-state index in [1.165, 1.54) is 0 Å². The van der Waals surface area contributed by atoms with Crippen LogP contribution < -0.4 is 11.1 Å². The molecule has 0 unspecified atom stereocenters. The smallest absolute Gasteiger partial charge is 0.408 e. The minimum Gasteiger partial charge on any atom is -0.480 e. The van der Waals surface area contributed by atoms with Gasteiger partial charge in [0.15, 0.2) is 0 Å². The lowest BCUT2D eigenvalue weighted by Crippen LogP contribution is -2.43. The largest absolute Gasteiger partial charge is 0.480 e. The predicted octanol–water partition coefficient (Wildman–Crippen LogP) is 0.703. The van der Waals surface area contributed by atoms with E-state index < -0.39 is 23.7 Å². The molecule has 0 saturated heterocycles. The number of amides is 1. The quantitative estimate of drug-likeness (QED) is 0.647. The van der Waals surface area contributed by atoms with Crippen molar-refractivity contribution in [1.82, 2.24) is 5.32 Å². The molecule has 6 nitrogen and oxygen atoms in total. The summed E-state index contributed by atoms with van der Waals surface area (Å²) < 4.78 is 4.95. The molecule has 0 radical (unpaired) electrons. The van der Waals surface area contributed by atoms with Crippen LogP contribution >= 0.6 is 0 Å². The molecule has 4 N–H and O–H groups in total. The van der Waals surface area contributed by atoms with Crippen LogP contribution in [-0.2, 0) is 9.53 Å². The third kappa shape index (κ3) is 7.05. The molecule has 0 aromatic heterocycles. The first-order chi connectivity index (χ1) is 7.26. The number of rotatable bonds is 5. The van der Waals surface area contributed by atoms with Crippen LogP contribution in [0, 0.1) is 0 Å². The standard InChI is InChI=1S/C10H20N2O4/c1-10(2,3)16-9(15)12-7(8(13)14)5-4-6-11/h7H,4-6,11H2,1-3H3,(H,12,15)(H,13,14)/t7-/m1/s1. The van der Waals surface area contributed by atoms with E-state index in [1.54, 1.807) is 20.8 Å². The monoisotopic (exact) mass is 232 g/mol. The second-order valence-electron chi connectivity index (χ2n) is 4.47. The fourth-order valence-corrected chi connectivity index (χ4v) is 1.03. The van der Waals surface area contributed by atoms with Crippen molar-refractivity contribution in [2.24, 2.45) is 5.73 Å².